The highest BCUT2D eigenvalue weighted by Crippen LogP contribution is 1.99. The molecule has 0 bridgehead atoms. The van der Waals surface area contributed by atoms with Crippen molar-refractivity contribution in [2.24, 2.45) is 17.4 Å². The Hall–Kier alpha value is -0.610. The van der Waals surface area contributed by atoms with Crippen LogP contribution in [0.25, 0.3) is 0 Å². The van der Waals surface area contributed by atoms with E-state index in [1.54, 1.807) is 0 Å². The third kappa shape index (κ3) is 5.09. The van der Waals surface area contributed by atoms with E-state index >= 15 is 0 Å². The Kier molecular flexibility index (Phi) is 5.66. The van der Waals surface area contributed by atoms with Crippen LogP contribution in [0.3, 0.4) is 0 Å². The molecular formula is C8H19N3O. The molecule has 4 heteroatoms. The van der Waals surface area contributed by atoms with Gasteiger partial charge in [0.05, 0.1) is 5.92 Å². The first-order valence-electron chi connectivity index (χ1n) is 4.30. The Morgan fingerprint density at radius 1 is 1.50 bits per heavy atom. The highest BCUT2D eigenvalue weighted by Gasteiger charge is 2.13. The third-order valence-electron chi connectivity index (χ3n) is 1.69. The van der Waals surface area contributed by atoms with E-state index in [0.29, 0.717) is 25.6 Å². The van der Waals surface area contributed by atoms with Gasteiger partial charge in [-0.3, -0.25) is 4.79 Å². The number of nitrogens with two attached hydrogens (primary N) is 2. The lowest BCUT2D eigenvalue weighted by Gasteiger charge is -2.14. The fourth-order valence-corrected chi connectivity index (χ4v) is 0.924. The summed E-state index contributed by atoms with van der Waals surface area (Å²) in [6, 6.07) is 0.379. The number of rotatable bonds is 6. The molecule has 4 nitrogen and oxygen atoms in total. The van der Waals surface area contributed by atoms with Crippen LogP contribution < -0.4 is 16.8 Å². The molecule has 0 heterocycles. The van der Waals surface area contributed by atoms with Gasteiger partial charge in [0.15, 0.2) is 0 Å². The zero-order valence-electron chi connectivity index (χ0n) is 7.84. The van der Waals surface area contributed by atoms with Gasteiger partial charge in [-0.25, -0.2) is 0 Å². The number of hydrogen-bond acceptors (Lipinski definition) is 3. The van der Waals surface area contributed by atoms with Crippen molar-refractivity contribution in [2.45, 2.75) is 26.3 Å². The summed E-state index contributed by atoms with van der Waals surface area (Å²) in [6.45, 7) is 5.19. The number of nitrogens with one attached hydrogen (secondary N) is 1. The van der Waals surface area contributed by atoms with Crippen LogP contribution in [0.15, 0.2) is 0 Å². The van der Waals surface area contributed by atoms with Crippen molar-refractivity contribution >= 4 is 5.91 Å². The zero-order valence-corrected chi connectivity index (χ0v) is 7.84. The molecule has 1 unspecified atom stereocenters. The fraction of sp³-hybridized carbons (Fsp3) is 0.875. The maximum absolute atomic E-state index is 10.8. The maximum atomic E-state index is 10.8. The predicted molar refractivity (Wildman–Crippen MR) is 49.5 cm³/mol. The Bertz CT molecular complexity index is 136. The van der Waals surface area contributed by atoms with Gasteiger partial charge in [0.1, 0.15) is 0 Å². The molecular weight excluding hydrogens is 154 g/mol. The molecule has 1 atom stereocenters. The van der Waals surface area contributed by atoms with Crippen LogP contribution in [0.5, 0.6) is 0 Å². The summed E-state index contributed by atoms with van der Waals surface area (Å²) < 4.78 is 0. The number of carbonyl (C=O) groups excluding carboxylic acids is 1. The van der Waals surface area contributed by atoms with Gasteiger partial charge < -0.3 is 16.8 Å². The quantitative estimate of drug-likeness (QED) is 0.503. The smallest absolute Gasteiger partial charge is 0.221 e. The van der Waals surface area contributed by atoms with Crippen molar-refractivity contribution in [3.05, 3.63) is 0 Å². The number of primary amides is 1. The highest BCUT2D eigenvalue weighted by molar-refractivity contribution is 5.76. The summed E-state index contributed by atoms with van der Waals surface area (Å²) in [6.07, 6.45) is 0.662. The number of hydrogen-bond donors (Lipinski definition) is 3. The van der Waals surface area contributed by atoms with Crippen molar-refractivity contribution in [2.75, 3.05) is 13.1 Å². The first-order chi connectivity index (χ1) is 5.57. The lowest BCUT2D eigenvalue weighted by atomic mass is 10.1. The summed E-state index contributed by atoms with van der Waals surface area (Å²) >= 11 is 0. The Balaban J connectivity index is 3.71. The second-order valence-electron chi connectivity index (χ2n) is 3.24. The molecule has 0 radical (unpaired) electrons. The molecule has 72 valence electrons. The summed E-state index contributed by atoms with van der Waals surface area (Å²) in [5.41, 5.74) is 10.5. The van der Waals surface area contributed by atoms with E-state index < -0.39 is 0 Å². The van der Waals surface area contributed by atoms with Gasteiger partial charge in [-0.1, -0.05) is 13.8 Å². The molecule has 12 heavy (non-hydrogen) atoms. The van der Waals surface area contributed by atoms with Crippen molar-refractivity contribution in [1.29, 1.82) is 0 Å². The third-order valence-corrected chi connectivity index (χ3v) is 1.69. The van der Waals surface area contributed by atoms with Crippen LogP contribution in [-0.4, -0.2) is 25.0 Å². The van der Waals surface area contributed by atoms with Gasteiger partial charge in [0.2, 0.25) is 5.91 Å². The molecule has 5 N–H and O–H groups in total. The molecule has 0 saturated heterocycles. The Morgan fingerprint density at radius 2 is 2.08 bits per heavy atom. The van der Waals surface area contributed by atoms with Crippen LogP contribution in [0, 0.1) is 5.92 Å². The van der Waals surface area contributed by atoms with Gasteiger partial charge >= 0.3 is 0 Å². The first-order valence-corrected chi connectivity index (χ1v) is 4.30. The molecule has 1 amide bonds. The minimum atomic E-state index is -0.270. The van der Waals surface area contributed by atoms with Crippen molar-refractivity contribution in [3.63, 3.8) is 0 Å². The van der Waals surface area contributed by atoms with Crippen LogP contribution >= 0.6 is 0 Å². The molecule has 0 spiro atoms. The minimum Gasteiger partial charge on any atom is -0.369 e. The average molecular weight is 173 g/mol. The number of carbonyl (C=O) groups is 1. The molecule has 0 aliphatic heterocycles. The van der Waals surface area contributed by atoms with Gasteiger partial charge in [0, 0.05) is 12.6 Å². The standard InChI is InChI=1S/C8H19N3O/c1-6(2)11-5-7(3-4-9)8(10)12/h6-7,11H,3-5,9H2,1-2H3,(H2,10,12). The molecule has 0 aromatic rings. The van der Waals surface area contributed by atoms with Crippen molar-refractivity contribution in [1.82, 2.24) is 5.32 Å². The summed E-state index contributed by atoms with van der Waals surface area (Å²) in [4.78, 5) is 10.8. The van der Waals surface area contributed by atoms with E-state index in [0.717, 1.165) is 0 Å². The van der Waals surface area contributed by atoms with Gasteiger partial charge in [-0.2, -0.15) is 0 Å². The monoisotopic (exact) mass is 173 g/mol. The van der Waals surface area contributed by atoms with Crippen LogP contribution in [0.2, 0.25) is 0 Å². The topological polar surface area (TPSA) is 81.1 Å². The average Bonchev–Trinajstić information content (AvgIpc) is 1.96. The first kappa shape index (κ1) is 11.4. The molecule has 0 aromatic carbocycles. The molecule has 0 aromatic heterocycles. The van der Waals surface area contributed by atoms with E-state index in [4.69, 9.17) is 11.5 Å². The van der Waals surface area contributed by atoms with Crippen molar-refractivity contribution in [3.8, 4) is 0 Å². The number of amides is 1. The second kappa shape index (κ2) is 5.97. The lowest BCUT2D eigenvalue weighted by molar-refractivity contribution is -0.121. The van der Waals surface area contributed by atoms with Gasteiger partial charge in [-0.05, 0) is 13.0 Å². The molecule has 0 saturated carbocycles. The molecule has 0 aliphatic rings. The Labute approximate surface area is 73.7 Å². The fourth-order valence-electron chi connectivity index (χ4n) is 0.924. The van der Waals surface area contributed by atoms with Gasteiger partial charge in [0.25, 0.3) is 0 Å². The van der Waals surface area contributed by atoms with E-state index in [1.165, 1.54) is 0 Å². The molecule has 0 aliphatic carbocycles. The van der Waals surface area contributed by atoms with E-state index in [2.05, 4.69) is 5.32 Å². The molecule has 0 rings (SSSR count). The van der Waals surface area contributed by atoms with E-state index in [-0.39, 0.29) is 11.8 Å². The van der Waals surface area contributed by atoms with E-state index in [1.807, 2.05) is 13.8 Å². The predicted octanol–water partition coefficient (Wildman–Crippen LogP) is -0.565. The lowest BCUT2D eigenvalue weighted by Crippen LogP contribution is -2.37. The molecule has 0 fully saturated rings. The normalized spacial score (nSPS) is 13.3. The maximum Gasteiger partial charge on any atom is 0.221 e. The second-order valence-corrected chi connectivity index (χ2v) is 3.24. The summed E-state index contributed by atoms with van der Waals surface area (Å²) in [7, 11) is 0. The summed E-state index contributed by atoms with van der Waals surface area (Å²) in [5.74, 6) is -0.397. The van der Waals surface area contributed by atoms with E-state index in [9.17, 15) is 4.79 Å². The zero-order chi connectivity index (χ0) is 9.56. The highest BCUT2D eigenvalue weighted by atomic mass is 16.1. The van der Waals surface area contributed by atoms with Crippen LogP contribution in [0.1, 0.15) is 20.3 Å². The largest absolute Gasteiger partial charge is 0.369 e. The van der Waals surface area contributed by atoms with Crippen LogP contribution in [0.4, 0.5) is 0 Å². The summed E-state index contributed by atoms with van der Waals surface area (Å²) in [5, 5.41) is 3.16. The minimum absolute atomic E-state index is 0.127. The van der Waals surface area contributed by atoms with Gasteiger partial charge in [-0.15, -0.1) is 0 Å². The van der Waals surface area contributed by atoms with Crippen molar-refractivity contribution < 1.29 is 4.79 Å². The van der Waals surface area contributed by atoms with Crippen LogP contribution in [-0.2, 0) is 4.79 Å². The SMILES string of the molecule is CC(C)NCC(CCN)C(N)=O. The Morgan fingerprint density at radius 3 is 2.42 bits per heavy atom.